The van der Waals surface area contributed by atoms with Gasteiger partial charge in [-0.3, -0.25) is 0 Å². The summed E-state index contributed by atoms with van der Waals surface area (Å²) in [5, 5.41) is 19.6. The molecule has 3 rings (SSSR count). The van der Waals surface area contributed by atoms with Gasteiger partial charge in [0.2, 0.25) is 0 Å². The van der Waals surface area contributed by atoms with Crippen LogP contribution in [0, 0.1) is 0 Å². The van der Waals surface area contributed by atoms with Crippen LogP contribution in [0.3, 0.4) is 0 Å². The standard InChI is InChI=1S/C18H15N3O4/c1-2-25-18(24)16-15(19-21-20-16)12-9-7-11(8-10-12)13-5-3-4-6-14(13)17(22)23/h3-10H,2H2,1H3,(H,22,23)(H,19,20,21). The summed E-state index contributed by atoms with van der Waals surface area (Å²) in [6, 6.07) is 13.8. The molecule has 126 valence electrons. The highest BCUT2D eigenvalue weighted by atomic mass is 16.5. The fraction of sp³-hybridized carbons (Fsp3) is 0.111. The Hall–Kier alpha value is -3.48. The van der Waals surface area contributed by atoms with E-state index in [-0.39, 0.29) is 17.9 Å². The Kier molecular flexibility index (Phi) is 4.56. The van der Waals surface area contributed by atoms with Crippen LogP contribution < -0.4 is 0 Å². The van der Waals surface area contributed by atoms with E-state index < -0.39 is 11.9 Å². The first-order valence-corrected chi connectivity index (χ1v) is 7.62. The van der Waals surface area contributed by atoms with Gasteiger partial charge in [0, 0.05) is 5.56 Å². The molecule has 0 bridgehead atoms. The molecule has 25 heavy (non-hydrogen) atoms. The van der Waals surface area contributed by atoms with Crippen LogP contribution in [-0.2, 0) is 4.74 Å². The largest absolute Gasteiger partial charge is 0.478 e. The number of benzene rings is 2. The number of rotatable bonds is 5. The number of carbonyl (C=O) groups is 2. The lowest BCUT2D eigenvalue weighted by Crippen LogP contribution is -2.06. The van der Waals surface area contributed by atoms with Gasteiger partial charge in [-0.25, -0.2) is 9.59 Å². The number of ether oxygens (including phenoxy) is 1. The molecule has 0 aliphatic heterocycles. The Morgan fingerprint density at radius 3 is 2.40 bits per heavy atom. The van der Waals surface area contributed by atoms with E-state index in [2.05, 4.69) is 15.4 Å². The van der Waals surface area contributed by atoms with E-state index in [0.717, 1.165) is 5.56 Å². The molecule has 0 atom stereocenters. The topological polar surface area (TPSA) is 105 Å². The third kappa shape index (κ3) is 3.25. The second kappa shape index (κ2) is 6.96. The third-order valence-electron chi connectivity index (χ3n) is 3.64. The van der Waals surface area contributed by atoms with E-state index >= 15 is 0 Å². The van der Waals surface area contributed by atoms with Gasteiger partial charge in [0.05, 0.1) is 12.2 Å². The maximum Gasteiger partial charge on any atom is 0.361 e. The van der Waals surface area contributed by atoms with Gasteiger partial charge in [-0.15, -0.1) is 5.10 Å². The summed E-state index contributed by atoms with van der Waals surface area (Å²) in [5.74, 6) is -1.53. The zero-order chi connectivity index (χ0) is 17.8. The van der Waals surface area contributed by atoms with Gasteiger partial charge in [0.15, 0.2) is 5.69 Å². The number of nitrogens with one attached hydrogen (secondary N) is 1. The van der Waals surface area contributed by atoms with Crippen LogP contribution in [0.2, 0.25) is 0 Å². The molecule has 0 saturated heterocycles. The van der Waals surface area contributed by atoms with Crippen molar-refractivity contribution >= 4 is 11.9 Å². The number of aromatic amines is 1. The minimum absolute atomic E-state index is 0.112. The maximum atomic E-state index is 11.9. The van der Waals surface area contributed by atoms with E-state index in [1.54, 1.807) is 55.5 Å². The highest BCUT2D eigenvalue weighted by Gasteiger charge is 2.19. The lowest BCUT2D eigenvalue weighted by Gasteiger charge is -2.07. The first kappa shape index (κ1) is 16.4. The summed E-state index contributed by atoms with van der Waals surface area (Å²) in [6.45, 7) is 1.96. The van der Waals surface area contributed by atoms with Gasteiger partial charge >= 0.3 is 11.9 Å². The van der Waals surface area contributed by atoms with Gasteiger partial charge in [0.1, 0.15) is 5.69 Å². The van der Waals surface area contributed by atoms with E-state index in [4.69, 9.17) is 4.74 Å². The molecule has 0 aliphatic carbocycles. The van der Waals surface area contributed by atoms with Crippen molar-refractivity contribution in [3.05, 3.63) is 59.8 Å². The number of esters is 1. The molecule has 0 radical (unpaired) electrons. The number of H-pyrrole nitrogens is 1. The molecule has 1 aromatic heterocycles. The summed E-state index contributed by atoms with van der Waals surface area (Å²) in [6.07, 6.45) is 0. The number of nitrogens with zero attached hydrogens (tertiary/aromatic N) is 2. The summed E-state index contributed by atoms with van der Waals surface area (Å²) >= 11 is 0. The van der Waals surface area contributed by atoms with Crippen LogP contribution in [0.25, 0.3) is 22.4 Å². The molecule has 3 aromatic rings. The number of carboxylic acids is 1. The van der Waals surface area contributed by atoms with Crippen LogP contribution in [0.1, 0.15) is 27.8 Å². The molecule has 0 saturated carbocycles. The van der Waals surface area contributed by atoms with Crippen LogP contribution in [0.5, 0.6) is 0 Å². The third-order valence-corrected chi connectivity index (χ3v) is 3.64. The number of aromatic carboxylic acids is 1. The number of carboxylic acid groups (broad SMARTS) is 1. The smallest absolute Gasteiger partial charge is 0.361 e. The lowest BCUT2D eigenvalue weighted by atomic mass is 9.98. The fourth-order valence-electron chi connectivity index (χ4n) is 2.50. The SMILES string of the molecule is CCOC(=O)c1n[nH]nc1-c1ccc(-c2ccccc2C(=O)O)cc1. The van der Waals surface area contributed by atoms with Crippen molar-refractivity contribution in [3.8, 4) is 22.4 Å². The second-order valence-electron chi connectivity index (χ2n) is 5.17. The summed E-state index contributed by atoms with van der Waals surface area (Å²) in [7, 11) is 0. The number of aromatic nitrogens is 3. The quantitative estimate of drug-likeness (QED) is 0.693. The number of hydrogen-bond acceptors (Lipinski definition) is 5. The average molecular weight is 337 g/mol. The highest BCUT2D eigenvalue weighted by molar-refractivity contribution is 5.96. The van der Waals surface area contributed by atoms with E-state index in [9.17, 15) is 14.7 Å². The molecule has 2 N–H and O–H groups in total. The van der Waals surface area contributed by atoms with E-state index in [0.29, 0.717) is 16.8 Å². The number of hydrogen-bond donors (Lipinski definition) is 2. The summed E-state index contributed by atoms with van der Waals surface area (Å²) < 4.78 is 4.96. The van der Waals surface area contributed by atoms with E-state index in [1.807, 2.05) is 0 Å². The molecule has 0 spiro atoms. The zero-order valence-electron chi connectivity index (χ0n) is 13.4. The Morgan fingerprint density at radius 1 is 1.04 bits per heavy atom. The molecule has 2 aromatic carbocycles. The summed E-state index contributed by atoms with van der Waals surface area (Å²) in [5.41, 5.74) is 2.77. The van der Waals surface area contributed by atoms with Crippen molar-refractivity contribution in [2.75, 3.05) is 6.61 Å². The monoisotopic (exact) mass is 337 g/mol. The normalized spacial score (nSPS) is 10.4. The predicted molar refractivity (Wildman–Crippen MR) is 90.2 cm³/mol. The lowest BCUT2D eigenvalue weighted by molar-refractivity contribution is 0.0519. The van der Waals surface area contributed by atoms with Gasteiger partial charge < -0.3 is 9.84 Å². The highest BCUT2D eigenvalue weighted by Crippen LogP contribution is 2.27. The first-order chi connectivity index (χ1) is 12.1. The van der Waals surface area contributed by atoms with Crippen molar-refractivity contribution in [3.63, 3.8) is 0 Å². The van der Waals surface area contributed by atoms with Gasteiger partial charge in [-0.05, 0) is 24.1 Å². The minimum atomic E-state index is -0.985. The van der Waals surface area contributed by atoms with Crippen molar-refractivity contribution in [1.29, 1.82) is 0 Å². The van der Waals surface area contributed by atoms with E-state index in [1.165, 1.54) is 0 Å². The maximum absolute atomic E-state index is 11.9. The first-order valence-electron chi connectivity index (χ1n) is 7.62. The Labute approximate surface area is 143 Å². The average Bonchev–Trinajstić information content (AvgIpc) is 3.12. The summed E-state index contributed by atoms with van der Waals surface area (Å²) in [4.78, 5) is 23.3. The molecule has 0 aliphatic rings. The zero-order valence-corrected chi connectivity index (χ0v) is 13.4. The van der Waals surface area contributed by atoms with Crippen LogP contribution >= 0.6 is 0 Å². The predicted octanol–water partition coefficient (Wildman–Crippen LogP) is 3.01. The van der Waals surface area contributed by atoms with Crippen molar-refractivity contribution in [2.24, 2.45) is 0 Å². The Morgan fingerprint density at radius 2 is 1.72 bits per heavy atom. The molecular weight excluding hydrogens is 322 g/mol. The Balaban J connectivity index is 1.96. The van der Waals surface area contributed by atoms with Gasteiger partial charge in [-0.1, -0.05) is 42.5 Å². The molecule has 7 nitrogen and oxygen atoms in total. The van der Waals surface area contributed by atoms with Crippen LogP contribution in [0.4, 0.5) is 0 Å². The van der Waals surface area contributed by atoms with Gasteiger partial charge in [-0.2, -0.15) is 10.3 Å². The molecule has 0 unspecified atom stereocenters. The number of carbonyl (C=O) groups excluding carboxylic acids is 1. The van der Waals surface area contributed by atoms with Crippen molar-refractivity contribution < 1.29 is 19.4 Å². The van der Waals surface area contributed by atoms with Crippen LogP contribution in [0.15, 0.2) is 48.5 Å². The Bertz CT molecular complexity index is 916. The minimum Gasteiger partial charge on any atom is -0.478 e. The van der Waals surface area contributed by atoms with Gasteiger partial charge in [0.25, 0.3) is 0 Å². The van der Waals surface area contributed by atoms with Crippen molar-refractivity contribution in [1.82, 2.24) is 15.4 Å². The molecular formula is C18H15N3O4. The molecule has 0 amide bonds. The molecule has 7 heteroatoms. The fourth-order valence-corrected chi connectivity index (χ4v) is 2.50. The molecule has 1 heterocycles. The molecule has 0 fully saturated rings. The van der Waals surface area contributed by atoms with Crippen LogP contribution in [-0.4, -0.2) is 39.1 Å². The second-order valence-corrected chi connectivity index (χ2v) is 5.17. The van der Waals surface area contributed by atoms with Crippen molar-refractivity contribution in [2.45, 2.75) is 6.92 Å².